The molecule has 2 aromatic rings. The number of hydrogen-bond acceptors (Lipinski definition) is 3. The molecule has 0 heterocycles. The van der Waals surface area contributed by atoms with Crippen LogP contribution >= 0.6 is 11.6 Å². The van der Waals surface area contributed by atoms with Crippen LogP contribution < -0.4 is 4.74 Å². The van der Waals surface area contributed by atoms with Crippen molar-refractivity contribution in [2.45, 2.75) is 6.92 Å². The second kappa shape index (κ2) is 5.64. The lowest BCUT2D eigenvalue weighted by Gasteiger charge is -2.11. The standard InChI is InChI=1S/C15H10ClNO3/c1-9-2-4-11(15(18)19)7-14(9)20-13-5-3-10(8-17)6-12(13)16/h2-7H,1H3,(H,18,19). The molecule has 0 amide bonds. The number of hydrogen-bond donors (Lipinski definition) is 1. The molecule has 0 fully saturated rings. The van der Waals surface area contributed by atoms with Gasteiger partial charge in [0.05, 0.1) is 22.2 Å². The smallest absolute Gasteiger partial charge is 0.335 e. The van der Waals surface area contributed by atoms with Crippen molar-refractivity contribution in [3.05, 3.63) is 58.1 Å². The zero-order valence-electron chi connectivity index (χ0n) is 10.6. The van der Waals surface area contributed by atoms with Gasteiger partial charge in [-0.3, -0.25) is 0 Å². The van der Waals surface area contributed by atoms with E-state index in [1.807, 2.05) is 6.07 Å². The van der Waals surface area contributed by atoms with Crippen LogP contribution in [-0.2, 0) is 0 Å². The zero-order chi connectivity index (χ0) is 14.7. The van der Waals surface area contributed by atoms with Gasteiger partial charge in [0, 0.05) is 0 Å². The highest BCUT2D eigenvalue weighted by Crippen LogP contribution is 2.32. The molecule has 0 spiro atoms. The fourth-order valence-corrected chi connectivity index (χ4v) is 1.83. The average Bonchev–Trinajstić information content (AvgIpc) is 2.42. The second-order valence-corrected chi connectivity index (χ2v) is 4.55. The predicted octanol–water partition coefficient (Wildman–Crippen LogP) is 4.01. The zero-order valence-corrected chi connectivity index (χ0v) is 11.3. The maximum atomic E-state index is 10.9. The number of aryl methyl sites for hydroxylation is 1. The number of halogens is 1. The Balaban J connectivity index is 2.37. The molecule has 0 atom stereocenters. The van der Waals surface area contributed by atoms with Crippen molar-refractivity contribution in [1.82, 2.24) is 0 Å². The van der Waals surface area contributed by atoms with Crippen LogP contribution in [0.25, 0.3) is 0 Å². The van der Waals surface area contributed by atoms with Crippen LogP contribution in [0.1, 0.15) is 21.5 Å². The lowest BCUT2D eigenvalue weighted by atomic mass is 10.1. The lowest BCUT2D eigenvalue weighted by Crippen LogP contribution is -1.98. The molecule has 0 radical (unpaired) electrons. The first-order valence-corrected chi connectivity index (χ1v) is 6.10. The number of benzene rings is 2. The molecule has 4 nitrogen and oxygen atoms in total. The van der Waals surface area contributed by atoms with Crippen molar-refractivity contribution >= 4 is 17.6 Å². The van der Waals surface area contributed by atoms with Crippen LogP contribution in [0.2, 0.25) is 5.02 Å². The van der Waals surface area contributed by atoms with Gasteiger partial charge < -0.3 is 9.84 Å². The Labute approximate surface area is 120 Å². The third-order valence-electron chi connectivity index (χ3n) is 2.72. The van der Waals surface area contributed by atoms with E-state index >= 15 is 0 Å². The van der Waals surface area contributed by atoms with E-state index in [9.17, 15) is 4.79 Å². The van der Waals surface area contributed by atoms with Crippen molar-refractivity contribution in [1.29, 1.82) is 5.26 Å². The molecule has 0 saturated carbocycles. The molecule has 0 aliphatic carbocycles. The first-order chi connectivity index (χ1) is 9.51. The van der Waals surface area contributed by atoms with Crippen molar-refractivity contribution in [3.8, 4) is 17.6 Å². The monoisotopic (exact) mass is 287 g/mol. The number of ether oxygens (including phenoxy) is 1. The number of rotatable bonds is 3. The summed E-state index contributed by atoms with van der Waals surface area (Å²) >= 11 is 6.02. The summed E-state index contributed by atoms with van der Waals surface area (Å²) in [5.41, 5.74) is 1.35. The highest BCUT2D eigenvalue weighted by atomic mass is 35.5. The van der Waals surface area contributed by atoms with E-state index in [-0.39, 0.29) is 5.56 Å². The first kappa shape index (κ1) is 13.9. The van der Waals surface area contributed by atoms with Crippen LogP contribution in [0.3, 0.4) is 0 Å². The predicted molar refractivity (Wildman–Crippen MR) is 74.4 cm³/mol. The Morgan fingerprint density at radius 2 is 2.00 bits per heavy atom. The van der Waals surface area contributed by atoms with Crippen LogP contribution in [0.5, 0.6) is 11.5 Å². The van der Waals surface area contributed by atoms with Crippen LogP contribution in [0.15, 0.2) is 36.4 Å². The summed E-state index contributed by atoms with van der Waals surface area (Å²) in [6.45, 7) is 1.80. The van der Waals surface area contributed by atoms with Gasteiger partial charge in [0.2, 0.25) is 0 Å². The third kappa shape index (κ3) is 2.90. The lowest BCUT2D eigenvalue weighted by molar-refractivity contribution is 0.0696. The molecule has 0 saturated heterocycles. The van der Waals surface area contributed by atoms with Crippen LogP contribution in [0, 0.1) is 18.3 Å². The summed E-state index contributed by atoms with van der Waals surface area (Å²) in [5.74, 6) is -0.242. The van der Waals surface area contributed by atoms with E-state index in [0.29, 0.717) is 22.1 Å². The summed E-state index contributed by atoms with van der Waals surface area (Å²) in [4.78, 5) is 10.9. The molecule has 1 N–H and O–H groups in total. The number of carboxylic acid groups (broad SMARTS) is 1. The first-order valence-electron chi connectivity index (χ1n) is 5.72. The largest absolute Gasteiger partial charge is 0.478 e. The summed E-state index contributed by atoms with van der Waals surface area (Å²) < 4.78 is 5.63. The summed E-state index contributed by atoms with van der Waals surface area (Å²) in [6.07, 6.45) is 0. The molecule has 0 aromatic heterocycles. The van der Waals surface area contributed by atoms with E-state index < -0.39 is 5.97 Å². The van der Waals surface area contributed by atoms with E-state index in [4.69, 9.17) is 26.7 Å². The number of carbonyl (C=O) groups is 1. The number of nitrogens with zero attached hydrogens (tertiary/aromatic N) is 1. The summed E-state index contributed by atoms with van der Waals surface area (Å²) in [7, 11) is 0. The molecule has 0 aliphatic heterocycles. The van der Waals surface area contributed by atoms with Gasteiger partial charge in [-0.25, -0.2) is 4.79 Å². The minimum absolute atomic E-state index is 0.135. The van der Waals surface area contributed by atoms with Gasteiger partial charge in [-0.15, -0.1) is 0 Å². The van der Waals surface area contributed by atoms with Gasteiger partial charge in [0.15, 0.2) is 0 Å². The molecule has 100 valence electrons. The molecule has 2 rings (SSSR count). The number of aromatic carboxylic acids is 1. The molecule has 0 unspecified atom stereocenters. The van der Waals surface area contributed by atoms with Crippen LogP contribution in [0.4, 0.5) is 0 Å². The fraction of sp³-hybridized carbons (Fsp3) is 0.0667. The van der Waals surface area contributed by atoms with E-state index in [1.54, 1.807) is 25.1 Å². The van der Waals surface area contributed by atoms with Gasteiger partial charge in [-0.1, -0.05) is 17.7 Å². The van der Waals surface area contributed by atoms with E-state index in [0.717, 1.165) is 5.56 Å². The Morgan fingerprint density at radius 3 is 2.60 bits per heavy atom. The van der Waals surface area contributed by atoms with E-state index in [2.05, 4.69) is 0 Å². The average molecular weight is 288 g/mol. The molecule has 0 bridgehead atoms. The molecule has 20 heavy (non-hydrogen) atoms. The molecule has 0 aliphatic rings. The topological polar surface area (TPSA) is 70.3 Å². The normalized spacial score (nSPS) is 9.85. The number of carboxylic acids is 1. The van der Waals surface area contributed by atoms with Crippen molar-refractivity contribution in [2.75, 3.05) is 0 Å². The maximum absolute atomic E-state index is 10.9. The maximum Gasteiger partial charge on any atom is 0.335 e. The fourth-order valence-electron chi connectivity index (χ4n) is 1.61. The molecular formula is C15H10ClNO3. The molecule has 5 heteroatoms. The highest BCUT2D eigenvalue weighted by molar-refractivity contribution is 6.32. The Kier molecular flexibility index (Phi) is 3.92. The Bertz CT molecular complexity index is 720. The summed E-state index contributed by atoms with van der Waals surface area (Å²) in [6, 6.07) is 11.2. The Morgan fingerprint density at radius 1 is 1.25 bits per heavy atom. The second-order valence-electron chi connectivity index (χ2n) is 4.14. The third-order valence-corrected chi connectivity index (χ3v) is 3.01. The Hall–Kier alpha value is -2.51. The van der Waals surface area contributed by atoms with Crippen LogP contribution in [-0.4, -0.2) is 11.1 Å². The SMILES string of the molecule is Cc1ccc(C(=O)O)cc1Oc1ccc(C#N)cc1Cl. The molecular weight excluding hydrogens is 278 g/mol. The van der Waals surface area contributed by atoms with Crippen molar-refractivity contribution < 1.29 is 14.6 Å². The minimum Gasteiger partial charge on any atom is -0.478 e. The van der Waals surface area contributed by atoms with Gasteiger partial charge in [0.1, 0.15) is 11.5 Å². The van der Waals surface area contributed by atoms with Gasteiger partial charge >= 0.3 is 5.97 Å². The minimum atomic E-state index is -1.03. The number of nitriles is 1. The summed E-state index contributed by atoms with van der Waals surface area (Å²) in [5, 5.41) is 18.0. The van der Waals surface area contributed by atoms with E-state index in [1.165, 1.54) is 18.2 Å². The highest BCUT2D eigenvalue weighted by Gasteiger charge is 2.10. The quantitative estimate of drug-likeness (QED) is 0.926. The van der Waals surface area contributed by atoms with Gasteiger partial charge in [-0.05, 0) is 42.8 Å². The van der Waals surface area contributed by atoms with Gasteiger partial charge in [-0.2, -0.15) is 5.26 Å². The van der Waals surface area contributed by atoms with Gasteiger partial charge in [0.25, 0.3) is 0 Å². The van der Waals surface area contributed by atoms with Crippen molar-refractivity contribution in [2.24, 2.45) is 0 Å². The van der Waals surface area contributed by atoms with Crippen molar-refractivity contribution in [3.63, 3.8) is 0 Å². The molecule has 2 aromatic carbocycles.